The van der Waals surface area contributed by atoms with Gasteiger partial charge < -0.3 is 10.6 Å². The smallest absolute Gasteiger partial charge is 0.228 e. The van der Waals surface area contributed by atoms with Crippen LogP contribution in [-0.4, -0.2) is 30.4 Å². The lowest BCUT2D eigenvalue weighted by Gasteiger charge is -2.61. The normalized spacial score (nSPS) is 50.8. The average molecular weight is 290 g/mol. The van der Waals surface area contributed by atoms with E-state index in [2.05, 4.69) is 11.8 Å². The molecule has 118 valence electrons. The van der Waals surface area contributed by atoms with E-state index >= 15 is 0 Å². The Morgan fingerprint density at radius 2 is 1.76 bits per heavy atom. The second kappa shape index (κ2) is 4.47. The molecule has 5 saturated carbocycles. The molecule has 5 aliphatic rings. The summed E-state index contributed by atoms with van der Waals surface area (Å²) in [5.41, 5.74) is 6.34. The molecule has 2 N–H and O–H groups in total. The molecule has 2 atom stereocenters. The predicted octanol–water partition coefficient (Wildman–Crippen LogP) is 2.79. The summed E-state index contributed by atoms with van der Waals surface area (Å²) in [7, 11) is 2.03. The monoisotopic (exact) mass is 290 g/mol. The van der Waals surface area contributed by atoms with Crippen molar-refractivity contribution in [2.45, 2.75) is 64.3 Å². The van der Waals surface area contributed by atoms with Crippen molar-refractivity contribution in [2.24, 2.45) is 34.3 Å². The van der Waals surface area contributed by atoms with Crippen LogP contribution in [0.4, 0.5) is 0 Å². The number of amides is 1. The largest absolute Gasteiger partial charge is 0.345 e. The molecule has 0 heterocycles. The van der Waals surface area contributed by atoms with Crippen LogP contribution in [-0.2, 0) is 4.79 Å². The van der Waals surface area contributed by atoms with Gasteiger partial charge in [0.1, 0.15) is 0 Å². The molecule has 4 bridgehead atoms. The van der Waals surface area contributed by atoms with E-state index in [9.17, 15) is 4.79 Å². The molecule has 21 heavy (non-hydrogen) atoms. The standard InChI is InChI=1S/C18H30N2O/c1-17-6-13-3-14(7-17)9-18(8-13,11-17)16(21)20(2)10-12-4-15(19)5-12/h12-15H,3-11,19H2,1-2H3. The summed E-state index contributed by atoms with van der Waals surface area (Å²) in [6.07, 6.45) is 9.85. The zero-order chi connectivity index (χ0) is 14.8. The molecule has 3 heteroatoms. The van der Waals surface area contributed by atoms with Gasteiger partial charge in [-0.1, -0.05) is 6.92 Å². The van der Waals surface area contributed by atoms with Crippen LogP contribution in [0.25, 0.3) is 0 Å². The van der Waals surface area contributed by atoms with Gasteiger partial charge in [0.05, 0.1) is 5.41 Å². The zero-order valence-corrected chi connectivity index (χ0v) is 13.6. The molecule has 0 aromatic heterocycles. The van der Waals surface area contributed by atoms with E-state index in [1.165, 1.54) is 32.1 Å². The predicted molar refractivity (Wildman–Crippen MR) is 83.6 cm³/mol. The summed E-state index contributed by atoms with van der Waals surface area (Å²) in [6, 6.07) is 0.386. The highest BCUT2D eigenvalue weighted by molar-refractivity contribution is 5.83. The minimum atomic E-state index is -0.000549. The number of hydrogen-bond donors (Lipinski definition) is 1. The van der Waals surface area contributed by atoms with Crippen molar-refractivity contribution < 1.29 is 4.79 Å². The first-order valence-corrected chi connectivity index (χ1v) is 8.89. The SMILES string of the molecule is CN(CC1CC(N)C1)C(=O)C12CC3CC(CC(C)(C3)C1)C2. The van der Waals surface area contributed by atoms with Gasteiger partial charge in [-0.15, -0.1) is 0 Å². The van der Waals surface area contributed by atoms with Crippen molar-refractivity contribution in [1.29, 1.82) is 0 Å². The fourth-order valence-corrected chi connectivity index (χ4v) is 6.78. The summed E-state index contributed by atoms with van der Waals surface area (Å²) >= 11 is 0. The average Bonchev–Trinajstić information content (AvgIpc) is 2.32. The Hall–Kier alpha value is -0.570. The highest BCUT2D eigenvalue weighted by atomic mass is 16.2. The molecule has 0 saturated heterocycles. The quantitative estimate of drug-likeness (QED) is 0.869. The Bertz CT molecular complexity index is 440. The number of nitrogens with zero attached hydrogens (tertiary/aromatic N) is 1. The van der Waals surface area contributed by atoms with Crippen LogP contribution >= 0.6 is 0 Å². The minimum Gasteiger partial charge on any atom is -0.345 e. The molecule has 5 fully saturated rings. The number of carbonyl (C=O) groups excluding carboxylic acids is 1. The lowest BCUT2D eigenvalue weighted by Crippen LogP contribution is -2.57. The fourth-order valence-electron chi connectivity index (χ4n) is 6.78. The summed E-state index contributed by atoms with van der Waals surface area (Å²) in [5, 5.41) is 0. The van der Waals surface area contributed by atoms with Crippen molar-refractivity contribution in [2.75, 3.05) is 13.6 Å². The number of hydrogen-bond acceptors (Lipinski definition) is 2. The Kier molecular flexibility index (Phi) is 2.99. The summed E-state index contributed by atoms with van der Waals surface area (Å²) in [5.74, 6) is 2.76. The third kappa shape index (κ3) is 2.23. The maximum absolute atomic E-state index is 13.2. The Morgan fingerprint density at radius 3 is 2.29 bits per heavy atom. The van der Waals surface area contributed by atoms with Gasteiger partial charge in [-0.05, 0) is 74.5 Å². The van der Waals surface area contributed by atoms with Crippen LogP contribution in [0.1, 0.15) is 58.3 Å². The van der Waals surface area contributed by atoms with Gasteiger partial charge in [0, 0.05) is 19.6 Å². The molecule has 5 aliphatic carbocycles. The van der Waals surface area contributed by atoms with Crippen molar-refractivity contribution in [1.82, 2.24) is 4.90 Å². The molecular weight excluding hydrogens is 260 g/mol. The van der Waals surface area contributed by atoms with Crippen LogP contribution in [0.2, 0.25) is 0 Å². The van der Waals surface area contributed by atoms with Gasteiger partial charge in [-0.2, -0.15) is 0 Å². The molecule has 0 aliphatic heterocycles. The van der Waals surface area contributed by atoms with E-state index < -0.39 is 0 Å². The molecule has 3 nitrogen and oxygen atoms in total. The number of rotatable bonds is 3. The lowest BCUT2D eigenvalue weighted by molar-refractivity contribution is -0.165. The summed E-state index contributed by atoms with van der Waals surface area (Å²) in [4.78, 5) is 15.3. The summed E-state index contributed by atoms with van der Waals surface area (Å²) < 4.78 is 0. The highest BCUT2D eigenvalue weighted by Gasteiger charge is 2.59. The maximum atomic E-state index is 13.2. The van der Waals surface area contributed by atoms with Gasteiger partial charge in [-0.3, -0.25) is 4.79 Å². The first-order chi connectivity index (χ1) is 9.87. The van der Waals surface area contributed by atoms with Crippen molar-refractivity contribution in [3.8, 4) is 0 Å². The first kappa shape index (κ1) is 14.0. The van der Waals surface area contributed by atoms with Crippen LogP contribution in [0.15, 0.2) is 0 Å². The van der Waals surface area contributed by atoms with E-state index in [1.807, 2.05) is 7.05 Å². The number of carbonyl (C=O) groups is 1. The van der Waals surface area contributed by atoms with Gasteiger partial charge in [0.2, 0.25) is 5.91 Å². The molecule has 0 spiro atoms. The molecule has 0 aromatic carbocycles. The molecule has 2 unspecified atom stereocenters. The lowest BCUT2D eigenvalue weighted by atomic mass is 9.44. The molecule has 5 rings (SSSR count). The van der Waals surface area contributed by atoms with E-state index in [4.69, 9.17) is 5.73 Å². The minimum absolute atomic E-state index is 0.000549. The summed E-state index contributed by atoms with van der Waals surface area (Å²) in [6.45, 7) is 3.37. The zero-order valence-electron chi connectivity index (χ0n) is 13.6. The Labute approximate surface area is 128 Å². The maximum Gasteiger partial charge on any atom is 0.228 e. The van der Waals surface area contributed by atoms with E-state index in [-0.39, 0.29) is 5.41 Å². The Morgan fingerprint density at radius 1 is 1.14 bits per heavy atom. The second-order valence-electron chi connectivity index (χ2n) is 9.34. The number of nitrogens with two attached hydrogens (primary N) is 1. The van der Waals surface area contributed by atoms with E-state index in [0.717, 1.165) is 37.6 Å². The van der Waals surface area contributed by atoms with Crippen molar-refractivity contribution >= 4 is 5.91 Å². The molecular formula is C18H30N2O. The van der Waals surface area contributed by atoms with Crippen LogP contribution in [0.5, 0.6) is 0 Å². The van der Waals surface area contributed by atoms with Crippen LogP contribution in [0, 0.1) is 28.6 Å². The Balaban J connectivity index is 1.48. The molecule has 1 amide bonds. The fraction of sp³-hybridized carbons (Fsp3) is 0.944. The molecule has 0 aromatic rings. The highest BCUT2D eigenvalue weighted by Crippen LogP contribution is 2.65. The van der Waals surface area contributed by atoms with Crippen LogP contribution in [0.3, 0.4) is 0 Å². The third-order valence-corrected chi connectivity index (χ3v) is 6.96. The van der Waals surface area contributed by atoms with E-state index in [0.29, 0.717) is 23.3 Å². The topological polar surface area (TPSA) is 46.3 Å². The van der Waals surface area contributed by atoms with Crippen LogP contribution < -0.4 is 5.73 Å². The second-order valence-corrected chi connectivity index (χ2v) is 9.34. The van der Waals surface area contributed by atoms with E-state index in [1.54, 1.807) is 0 Å². The van der Waals surface area contributed by atoms with Crippen molar-refractivity contribution in [3.63, 3.8) is 0 Å². The van der Waals surface area contributed by atoms with Gasteiger partial charge in [0.15, 0.2) is 0 Å². The van der Waals surface area contributed by atoms with Gasteiger partial charge in [0.25, 0.3) is 0 Å². The third-order valence-electron chi connectivity index (χ3n) is 6.96. The molecule has 0 radical (unpaired) electrons. The van der Waals surface area contributed by atoms with Crippen molar-refractivity contribution in [3.05, 3.63) is 0 Å². The van der Waals surface area contributed by atoms with Gasteiger partial charge >= 0.3 is 0 Å². The first-order valence-electron chi connectivity index (χ1n) is 8.89. The van der Waals surface area contributed by atoms with Gasteiger partial charge in [-0.25, -0.2) is 0 Å².